The maximum atomic E-state index is 11.6. The van der Waals surface area contributed by atoms with Crippen LogP contribution in [0.2, 0.25) is 0 Å². The van der Waals surface area contributed by atoms with Crippen LogP contribution in [0.3, 0.4) is 0 Å². The molecule has 20 heavy (non-hydrogen) atoms. The number of halogens is 1. The first-order valence-corrected chi connectivity index (χ1v) is 7.35. The van der Waals surface area contributed by atoms with Crippen molar-refractivity contribution in [1.29, 1.82) is 0 Å². The number of H-pyrrole nitrogens is 1. The standard InChI is InChI=1S/C14H24N4O.ClH/c15-9-5-8-14(19)16-13-10-12(17-18-13)11-6-3-1-2-4-7-11;/h10-11H,1-9,15H2,(H2,16,17,18,19);1H. The summed E-state index contributed by atoms with van der Waals surface area (Å²) in [6.07, 6.45) is 8.89. The number of rotatable bonds is 5. The highest BCUT2D eigenvalue weighted by Crippen LogP contribution is 2.31. The van der Waals surface area contributed by atoms with Gasteiger partial charge in [0.25, 0.3) is 0 Å². The van der Waals surface area contributed by atoms with Gasteiger partial charge >= 0.3 is 0 Å². The van der Waals surface area contributed by atoms with Crippen molar-refractivity contribution < 1.29 is 4.79 Å². The van der Waals surface area contributed by atoms with Crippen LogP contribution >= 0.6 is 12.4 Å². The molecule has 0 unspecified atom stereocenters. The van der Waals surface area contributed by atoms with E-state index in [1.807, 2.05) is 6.07 Å². The van der Waals surface area contributed by atoms with Gasteiger partial charge in [-0.25, -0.2) is 0 Å². The minimum absolute atomic E-state index is 0. The van der Waals surface area contributed by atoms with Gasteiger partial charge in [-0.3, -0.25) is 9.89 Å². The van der Waals surface area contributed by atoms with E-state index in [1.54, 1.807) is 0 Å². The number of aromatic amines is 1. The smallest absolute Gasteiger partial charge is 0.225 e. The highest BCUT2D eigenvalue weighted by Gasteiger charge is 2.17. The van der Waals surface area contributed by atoms with Crippen molar-refractivity contribution >= 4 is 24.1 Å². The first-order valence-electron chi connectivity index (χ1n) is 7.35. The van der Waals surface area contributed by atoms with E-state index < -0.39 is 0 Å². The molecule has 1 fully saturated rings. The van der Waals surface area contributed by atoms with Gasteiger partial charge in [-0.05, 0) is 25.8 Å². The van der Waals surface area contributed by atoms with Crippen LogP contribution < -0.4 is 11.1 Å². The number of carbonyl (C=O) groups is 1. The van der Waals surface area contributed by atoms with Gasteiger partial charge in [0.15, 0.2) is 5.82 Å². The largest absolute Gasteiger partial charge is 0.330 e. The molecule has 0 atom stereocenters. The summed E-state index contributed by atoms with van der Waals surface area (Å²) in [6.45, 7) is 0.543. The van der Waals surface area contributed by atoms with Gasteiger partial charge in [0, 0.05) is 24.1 Å². The van der Waals surface area contributed by atoms with Crippen LogP contribution in [0, 0.1) is 0 Å². The second kappa shape index (κ2) is 8.97. The van der Waals surface area contributed by atoms with Crippen LogP contribution in [0.1, 0.15) is 63.0 Å². The summed E-state index contributed by atoms with van der Waals surface area (Å²) in [4.78, 5) is 11.6. The van der Waals surface area contributed by atoms with E-state index >= 15 is 0 Å². The summed E-state index contributed by atoms with van der Waals surface area (Å²) in [5, 5.41) is 10.1. The van der Waals surface area contributed by atoms with Crippen LogP contribution in [0.5, 0.6) is 0 Å². The van der Waals surface area contributed by atoms with Crippen molar-refractivity contribution in [2.45, 2.75) is 57.3 Å². The SMILES string of the molecule is Cl.NCCCC(=O)Nc1cc(C2CCCCCC2)[nH]n1. The summed E-state index contributed by atoms with van der Waals surface area (Å²) < 4.78 is 0. The lowest BCUT2D eigenvalue weighted by atomic mass is 9.97. The lowest BCUT2D eigenvalue weighted by molar-refractivity contribution is -0.116. The molecule has 114 valence electrons. The van der Waals surface area contributed by atoms with Crippen molar-refractivity contribution in [2.75, 3.05) is 11.9 Å². The third kappa shape index (κ3) is 5.13. The van der Waals surface area contributed by atoms with E-state index in [-0.39, 0.29) is 18.3 Å². The molecule has 1 aromatic heterocycles. The highest BCUT2D eigenvalue weighted by atomic mass is 35.5. The van der Waals surface area contributed by atoms with Crippen molar-refractivity contribution in [3.05, 3.63) is 11.8 Å². The van der Waals surface area contributed by atoms with E-state index in [9.17, 15) is 4.79 Å². The molecular weight excluding hydrogens is 276 g/mol. The average Bonchev–Trinajstić information content (AvgIpc) is 2.70. The topological polar surface area (TPSA) is 83.8 Å². The van der Waals surface area contributed by atoms with Gasteiger partial charge in [-0.1, -0.05) is 25.7 Å². The fraction of sp³-hybridized carbons (Fsp3) is 0.714. The zero-order valence-electron chi connectivity index (χ0n) is 11.9. The molecule has 0 spiro atoms. The number of hydrogen-bond acceptors (Lipinski definition) is 3. The molecule has 4 N–H and O–H groups in total. The molecule has 0 radical (unpaired) electrons. The lowest BCUT2D eigenvalue weighted by Gasteiger charge is -2.10. The van der Waals surface area contributed by atoms with Gasteiger partial charge < -0.3 is 11.1 Å². The molecule has 1 aliphatic rings. The summed E-state index contributed by atoms with van der Waals surface area (Å²) >= 11 is 0. The molecule has 6 heteroatoms. The second-order valence-corrected chi connectivity index (χ2v) is 5.34. The van der Waals surface area contributed by atoms with Crippen molar-refractivity contribution in [1.82, 2.24) is 10.2 Å². The first-order chi connectivity index (χ1) is 9.29. The Bertz CT molecular complexity index is 400. The van der Waals surface area contributed by atoms with Crippen LogP contribution in [-0.2, 0) is 4.79 Å². The summed E-state index contributed by atoms with van der Waals surface area (Å²) in [6, 6.07) is 1.98. The molecular formula is C14H25ClN4O. The minimum atomic E-state index is -0.00985. The Morgan fingerprint density at radius 1 is 1.35 bits per heavy atom. The molecule has 0 bridgehead atoms. The highest BCUT2D eigenvalue weighted by molar-refractivity contribution is 5.89. The summed E-state index contributed by atoms with van der Waals surface area (Å²) in [5.74, 6) is 1.20. The average molecular weight is 301 g/mol. The number of amides is 1. The Morgan fingerprint density at radius 3 is 2.70 bits per heavy atom. The second-order valence-electron chi connectivity index (χ2n) is 5.34. The maximum Gasteiger partial charge on any atom is 0.225 e. The minimum Gasteiger partial charge on any atom is -0.330 e. The zero-order valence-corrected chi connectivity index (χ0v) is 12.7. The maximum absolute atomic E-state index is 11.6. The molecule has 0 aliphatic heterocycles. The fourth-order valence-electron chi connectivity index (χ4n) is 2.67. The third-order valence-electron chi connectivity index (χ3n) is 3.77. The molecule has 5 nitrogen and oxygen atoms in total. The van der Waals surface area contributed by atoms with Crippen LogP contribution in [0.15, 0.2) is 6.07 Å². The molecule has 2 rings (SSSR count). The molecule has 1 aliphatic carbocycles. The van der Waals surface area contributed by atoms with E-state index in [4.69, 9.17) is 5.73 Å². The Kier molecular flexibility index (Phi) is 7.62. The van der Waals surface area contributed by atoms with E-state index in [0.717, 1.165) is 5.69 Å². The molecule has 1 amide bonds. The molecule has 1 heterocycles. The third-order valence-corrected chi connectivity index (χ3v) is 3.77. The predicted octanol–water partition coefficient (Wildman–Crippen LogP) is 2.95. The molecule has 1 saturated carbocycles. The quantitative estimate of drug-likeness (QED) is 0.731. The van der Waals surface area contributed by atoms with E-state index in [1.165, 1.54) is 38.5 Å². The van der Waals surface area contributed by atoms with Crippen LogP contribution in [-0.4, -0.2) is 22.6 Å². The Balaban J connectivity index is 0.00000200. The Morgan fingerprint density at radius 2 is 2.05 bits per heavy atom. The van der Waals surface area contributed by atoms with Gasteiger partial charge in [-0.2, -0.15) is 5.10 Å². The molecule has 0 saturated heterocycles. The number of nitrogens with one attached hydrogen (secondary N) is 2. The van der Waals surface area contributed by atoms with Crippen molar-refractivity contribution in [3.63, 3.8) is 0 Å². The van der Waals surface area contributed by atoms with Gasteiger partial charge in [-0.15, -0.1) is 12.4 Å². The zero-order chi connectivity index (χ0) is 13.5. The van der Waals surface area contributed by atoms with Crippen LogP contribution in [0.4, 0.5) is 5.82 Å². The lowest BCUT2D eigenvalue weighted by Crippen LogP contribution is -2.13. The molecule has 1 aromatic rings. The summed E-state index contributed by atoms with van der Waals surface area (Å²) in [7, 11) is 0. The Hall–Kier alpha value is -1.07. The monoisotopic (exact) mass is 300 g/mol. The van der Waals surface area contributed by atoms with Gasteiger partial charge in [0.05, 0.1) is 0 Å². The first kappa shape index (κ1) is 17.0. The van der Waals surface area contributed by atoms with Gasteiger partial charge in [0.1, 0.15) is 0 Å². The van der Waals surface area contributed by atoms with E-state index in [0.29, 0.717) is 31.1 Å². The Labute approximate surface area is 126 Å². The van der Waals surface area contributed by atoms with Crippen LogP contribution in [0.25, 0.3) is 0 Å². The number of hydrogen-bond donors (Lipinski definition) is 3. The van der Waals surface area contributed by atoms with Crippen molar-refractivity contribution in [3.8, 4) is 0 Å². The number of aromatic nitrogens is 2. The van der Waals surface area contributed by atoms with Gasteiger partial charge in [0.2, 0.25) is 5.91 Å². The fourth-order valence-corrected chi connectivity index (χ4v) is 2.67. The number of anilines is 1. The predicted molar refractivity (Wildman–Crippen MR) is 83.2 cm³/mol. The van der Waals surface area contributed by atoms with Crippen molar-refractivity contribution in [2.24, 2.45) is 5.73 Å². The number of nitrogens with zero attached hydrogens (tertiary/aromatic N) is 1. The number of nitrogens with two attached hydrogens (primary N) is 1. The molecule has 0 aromatic carbocycles. The normalized spacial score (nSPS) is 16.2. The summed E-state index contributed by atoms with van der Waals surface area (Å²) in [5.41, 5.74) is 6.55. The van der Waals surface area contributed by atoms with E-state index in [2.05, 4.69) is 15.5 Å². The number of carbonyl (C=O) groups excluding carboxylic acids is 1.